The lowest BCUT2D eigenvalue weighted by atomic mass is 10.1. The maximum absolute atomic E-state index is 14.2. The molecule has 1 aliphatic rings. The summed E-state index contributed by atoms with van der Waals surface area (Å²) in [6.45, 7) is 3.48. The molecule has 1 saturated heterocycles. The molecular formula is C24H29FN4O5S. The lowest BCUT2D eigenvalue weighted by Gasteiger charge is -2.22. The molecule has 2 heterocycles. The van der Waals surface area contributed by atoms with Gasteiger partial charge in [-0.2, -0.15) is 4.36 Å². The van der Waals surface area contributed by atoms with Crippen LogP contribution in [0.15, 0.2) is 41.0 Å². The van der Waals surface area contributed by atoms with Gasteiger partial charge in [-0.15, -0.1) is 0 Å². The Morgan fingerprint density at radius 2 is 1.97 bits per heavy atom. The van der Waals surface area contributed by atoms with Crippen molar-refractivity contribution in [2.75, 3.05) is 51.4 Å². The number of nitrogens with one attached hydrogen (secondary N) is 1. The number of nitrogens with zero attached hydrogens (tertiary/aromatic N) is 3. The average molecular weight is 505 g/mol. The quantitative estimate of drug-likeness (QED) is 0.436. The van der Waals surface area contributed by atoms with Crippen molar-refractivity contribution in [3.05, 3.63) is 48.0 Å². The lowest BCUT2D eigenvalue weighted by Crippen LogP contribution is -2.33. The maximum atomic E-state index is 14.2. The number of aryl methyl sites for hydroxylation is 1. The summed E-state index contributed by atoms with van der Waals surface area (Å²) in [5, 5.41) is 4.03. The fraction of sp³-hybridized carbons (Fsp3) is 0.417. The van der Waals surface area contributed by atoms with Gasteiger partial charge in [0.2, 0.25) is 0 Å². The number of benzene rings is 2. The van der Waals surface area contributed by atoms with Gasteiger partial charge in [0.15, 0.2) is 6.10 Å². The molecule has 9 nitrogen and oxygen atoms in total. The predicted molar refractivity (Wildman–Crippen MR) is 133 cm³/mol. The van der Waals surface area contributed by atoms with Crippen LogP contribution in [0.5, 0.6) is 5.75 Å². The molecule has 188 valence electrons. The second-order valence-corrected chi connectivity index (χ2v) is 11.1. The molecule has 0 amide bonds. The fourth-order valence-electron chi connectivity index (χ4n) is 3.83. The summed E-state index contributed by atoms with van der Waals surface area (Å²) in [5.74, 6) is 0.410. The third-order valence-corrected chi connectivity index (χ3v) is 5.97. The maximum Gasteiger partial charge on any atom is 0.150 e. The monoisotopic (exact) mass is 504 g/mol. The van der Waals surface area contributed by atoms with Crippen LogP contribution in [-0.4, -0.2) is 72.4 Å². The van der Waals surface area contributed by atoms with E-state index in [0.29, 0.717) is 54.9 Å². The van der Waals surface area contributed by atoms with Crippen LogP contribution in [0.2, 0.25) is 0 Å². The van der Waals surface area contributed by atoms with Gasteiger partial charge < -0.3 is 24.3 Å². The second-order valence-electron chi connectivity index (χ2n) is 8.51. The molecule has 2 aromatic carbocycles. The van der Waals surface area contributed by atoms with Crippen molar-refractivity contribution in [2.45, 2.75) is 19.1 Å². The molecule has 1 N–H and O–H groups in total. The number of anilines is 2. The van der Waals surface area contributed by atoms with Crippen LogP contribution in [0.25, 0.3) is 10.9 Å². The number of aromatic nitrogens is 2. The van der Waals surface area contributed by atoms with Gasteiger partial charge in [-0.25, -0.2) is 18.6 Å². The minimum absolute atomic E-state index is 0.294. The van der Waals surface area contributed by atoms with Crippen LogP contribution in [-0.2, 0) is 23.9 Å². The molecule has 0 spiro atoms. The van der Waals surface area contributed by atoms with Gasteiger partial charge in [-0.05, 0) is 36.8 Å². The summed E-state index contributed by atoms with van der Waals surface area (Å²) >= 11 is 0. The number of rotatable bonds is 9. The molecule has 4 rings (SSSR count). The molecule has 1 aromatic heterocycles. The van der Waals surface area contributed by atoms with E-state index in [0.717, 1.165) is 10.9 Å². The summed E-state index contributed by atoms with van der Waals surface area (Å²) in [6, 6.07) is 7.86. The predicted octanol–water partition coefficient (Wildman–Crippen LogP) is 3.99. The number of hydrogen-bond donors (Lipinski definition) is 1. The number of ether oxygens (including phenoxy) is 4. The first-order chi connectivity index (χ1) is 16.7. The largest absolute Gasteiger partial charge is 0.483 e. The summed E-state index contributed by atoms with van der Waals surface area (Å²) < 4.78 is 53.1. The number of fused-ring (bicyclic) bond motifs is 1. The highest BCUT2D eigenvalue weighted by Crippen LogP contribution is 2.34. The Hall–Kier alpha value is -2.86. The number of methoxy groups -OCH3 is 1. The smallest absolute Gasteiger partial charge is 0.150 e. The Balaban J connectivity index is 1.64. The first-order valence-corrected chi connectivity index (χ1v) is 13.4. The van der Waals surface area contributed by atoms with Crippen molar-refractivity contribution < 1.29 is 27.5 Å². The van der Waals surface area contributed by atoms with Crippen molar-refractivity contribution in [3.8, 4) is 5.75 Å². The zero-order chi connectivity index (χ0) is 25.0. The topological polar surface area (TPSA) is 104 Å². The Morgan fingerprint density at radius 3 is 2.74 bits per heavy atom. The molecule has 0 bridgehead atoms. The Labute approximate surface area is 204 Å². The van der Waals surface area contributed by atoms with Crippen LogP contribution in [0, 0.1) is 12.7 Å². The highest BCUT2D eigenvalue weighted by atomic mass is 32.2. The van der Waals surface area contributed by atoms with E-state index in [-0.39, 0.29) is 6.10 Å². The Kier molecular flexibility index (Phi) is 7.80. The van der Waals surface area contributed by atoms with E-state index in [4.69, 9.17) is 18.9 Å². The van der Waals surface area contributed by atoms with Crippen LogP contribution < -0.4 is 10.1 Å². The highest BCUT2D eigenvalue weighted by molar-refractivity contribution is 7.92. The molecule has 2 atom stereocenters. The summed E-state index contributed by atoms with van der Waals surface area (Å²) in [6.07, 6.45) is 3.89. The van der Waals surface area contributed by atoms with Gasteiger partial charge in [0.05, 0.1) is 43.3 Å². The fourth-order valence-corrected chi connectivity index (χ4v) is 4.44. The van der Waals surface area contributed by atoms with Crippen molar-refractivity contribution in [1.29, 1.82) is 0 Å². The van der Waals surface area contributed by atoms with E-state index < -0.39 is 21.7 Å². The molecule has 0 radical (unpaired) electrons. The molecule has 0 aliphatic carbocycles. The van der Waals surface area contributed by atoms with Gasteiger partial charge in [0.1, 0.15) is 29.8 Å². The van der Waals surface area contributed by atoms with E-state index in [1.54, 1.807) is 31.8 Å². The third kappa shape index (κ3) is 6.43. The molecule has 35 heavy (non-hydrogen) atoms. The first kappa shape index (κ1) is 25.2. The van der Waals surface area contributed by atoms with Crippen LogP contribution >= 0.6 is 0 Å². The van der Waals surface area contributed by atoms with Crippen molar-refractivity contribution in [1.82, 2.24) is 9.97 Å². The molecule has 1 fully saturated rings. The Morgan fingerprint density at radius 1 is 1.17 bits per heavy atom. The minimum atomic E-state index is -2.32. The minimum Gasteiger partial charge on any atom is -0.483 e. The van der Waals surface area contributed by atoms with Crippen LogP contribution in [0.4, 0.5) is 21.6 Å². The molecule has 1 aliphatic heterocycles. The Bertz CT molecular complexity index is 1320. The SMILES string of the molecule is COCCO[C@@H]1COC[C@@H]1Oc1cc(F)ccc1Nc1ncnc2cc(N=S(C)(C)=O)cc(C)c12. The molecule has 11 heteroatoms. The van der Waals surface area contributed by atoms with E-state index in [9.17, 15) is 8.60 Å². The molecule has 0 saturated carbocycles. The third-order valence-electron chi connectivity index (χ3n) is 5.32. The van der Waals surface area contributed by atoms with Crippen LogP contribution in [0.1, 0.15) is 5.56 Å². The van der Waals surface area contributed by atoms with E-state index in [1.165, 1.54) is 18.5 Å². The summed E-state index contributed by atoms with van der Waals surface area (Å²) in [7, 11) is -0.714. The zero-order valence-corrected chi connectivity index (χ0v) is 20.9. The molecule has 0 unspecified atom stereocenters. The molecular weight excluding hydrogens is 475 g/mol. The van der Waals surface area contributed by atoms with Crippen molar-refractivity contribution in [3.63, 3.8) is 0 Å². The van der Waals surface area contributed by atoms with Gasteiger partial charge >= 0.3 is 0 Å². The summed E-state index contributed by atoms with van der Waals surface area (Å²) in [5.41, 5.74) is 2.62. The van der Waals surface area contributed by atoms with Crippen molar-refractivity contribution in [2.24, 2.45) is 4.36 Å². The van der Waals surface area contributed by atoms with E-state index in [2.05, 4.69) is 19.6 Å². The summed E-state index contributed by atoms with van der Waals surface area (Å²) in [4.78, 5) is 8.77. The zero-order valence-electron chi connectivity index (χ0n) is 20.1. The average Bonchev–Trinajstić information content (AvgIpc) is 3.21. The standard InChI is InChI=1S/C24H29FN4O5S/c1-15-9-17(29-35(3,4)30)11-19-23(15)24(27-14-26-19)28-18-6-5-16(25)10-20(18)34-22-13-32-12-21(22)33-8-7-31-2/h5-6,9-11,14,21-22H,7-8,12-13H2,1-4H3,(H,26,27,28)/t21-,22+/m1/s1. The molecule has 3 aromatic rings. The van der Waals surface area contributed by atoms with E-state index in [1.807, 2.05) is 13.0 Å². The van der Waals surface area contributed by atoms with Gasteiger partial charge in [-0.1, -0.05) is 0 Å². The second kappa shape index (κ2) is 10.8. The van der Waals surface area contributed by atoms with Gasteiger partial charge in [0, 0.05) is 40.8 Å². The normalized spacial score (nSPS) is 18.1. The first-order valence-electron chi connectivity index (χ1n) is 11.1. The number of halogens is 1. The van der Waals surface area contributed by atoms with Crippen LogP contribution in [0.3, 0.4) is 0 Å². The van der Waals surface area contributed by atoms with Crippen molar-refractivity contribution >= 4 is 37.8 Å². The number of hydrogen-bond acceptors (Lipinski definition) is 9. The lowest BCUT2D eigenvalue weighted by molar-refractivity contribution is -0.0209. The highest BCUT2D eigenvalue weighted by Gasteiger charge is 2.31. The van der Waals surface area contributed by atoms with Gasteiger partial charge in [-0.3, -0.25) is 0 Å². The van der Waals surface area contributed by atoms with Gasteiger partial charge in [0.25, 0.3) is 0 Å². The van der Waals surface area contributed by atoms with E-state index >= 15 is 0 Å².